The molecule has 1 fully saturated rings. The zero-order valence-corrected chi connectivity index (χ0v) is 8.72. The smallest absolute Gasteiger partial charge is 0.282 e. The SMILES string of the molecule is CC(C)=C(F)C(=O)N1CCCC1CN. The van der Waals surface area contributed by atoms with E-state index in [0.29, 0.717) is 18.7 Å². The zero-order chi connectivity index (χ0) is 10.7. The van der Waals surface area contributed by atoms with E-state index in [1.54, 1.807) is 18.7 Å². The fraction of sp³-hybridized carbons (Fsp3) is 0.700. The third-order valence-electron chi connectivity index (χ3n) is 2.54. The van der Waals surface area contributed by atoms with Crippen LogP contribution in [0.5, 0.6) is 0 Å². The summed E-state index contributed by atoms with van der Waals surface area (Å²) in [5, 5.41) is 0. The maximum Gasteiger partial charge on any atom is 0.282 e. The van der Waals surface area contributed by atoms with Crippen LogP contribution in [-0.2, 0) is 4.79 Å². The summed E-state index contributed by atoms with van der Waals surface area (Å²) in [5.41, 5.74) is 5.93. The van der Waals surface area contributed by atoms with Crippen LogP contribution in [0.4, 0.5) is 4.39 Å². The number of allylic oxidation sites excluding steroid dienone is 1. The lowest BCUT2D eigenvalue weighted by molar-refractivity contribution is -0.129. The first-order valence-electron chi connectivity index (χ1n) is 4.92. The Morgan fingerprint density at radius 2 is 2.21 bits per heavy atom. The van der Waals surface area contributed by atoms with Gasteiger partial charge in [0.1, 0.15) is 0 Å². The topological polar surface area (TPSA) is 46.3 Å². The summed E-state index contributed by atoms with van der Waals surface area (Å²) in [5.74, 6) is -1.14. The molecular weight excluding hydrogens is 183 g/mol. The third-order valence-corrected chi connectivity index (χ3v) is 2.54. The number of carbonyl (C=O) groups is 1. The van der Waals surface area contributed by atoms with E-state index in [4.69, 9.17) is 5.73 Å². The number of halogens is 1. The summed E-state index contributed by atoms with van der Waals surface area (Å²) < 4.78 is 13.3. The van der Waals surface area contributed by atoms with Gasteiger partial charge >= 0.3 is 0 Å². The molecule has 0 aliphatic carbocycles. The van der Waals surface area contributed by atoms with Gasteiger partial charge in [-0.25, -0.2) is 4.39 Å². The maximum atomic E-state index is 13.3. The summed E-state index contributed by atoms with van der Waals surface area (Å²) in [6, 6.07) is 0.0209. The molecule has 1 aliphatic rings. The van der Waals surface area contributed by atoms with E-state index in [9.17, 15) is 9.18 Å². The molecule has 4 heteroatoms. The van der Waals surface area contributed by atoms with Crippen molar-refractivity contribution in [1.29, 1.82) is 0 Å². The molecule has 2 N–H and O–H groups in total. The highest BCUT2D eigenvalue weighted by Gasteiger charge is 2.29. The molecule has 0 radical (unpaired) electrons. The third kappa shape index (κ3) is 2.12. The van der Waals surface area contributed by atoms with Gasteiger partial charge in [-0.3, -0.25) is 4.79 Å². The summed E-state index contributed by atoms with van der Waals surface area (Å²) in [6.07, 6.45) is 1.81. The Balaban J connectivity index is 2.74. The standard InChI is InChI=1S/C10H17FN2O/c1-7(2)9(11)10(14)13-5-3-4-8(13)6-12/h8H,3-6,12H2,1-2H3. The summed E-state index contributed by atoms with van der Waals surface area (Å²) in [6.45, 7) is 4.24. The molecule has 0 aromatic carbocycles. The molecule has 0 aromatic rings. The number of nitrogens with two attached hydrogens (primary N) is 1. The second kappa shape index (κ2) is 4.55. The van der Waals surface area contributed by atoms with Crippen LogP contribution in [-0.4, -0.2) is 29.9 Å². The molecule has 1 rings (SSSR count). The average Bonchev–Trinajstić information content (AvgIpc) is 2.62. The van der Waals surface area contributed by atoms with Crippen molar-refractivity contribution in [2.75, 3.05) is 13.1 Å². The molecule has 1 heterocycles. The predicted molar refractivity (Wildman–Crippen MR) is 53.3 cm³/mol. The normalized spacial score (nSPS) is 21.1. The monoisotopic (exact) mass is 200 g/mol. The summed E-state index contributed by atoms with van der Waals surface area (Å²) >= 11 is 0. The molecule has 1 saturated heterocycles. The van der Waals surface area contributed by atoms with Crippen molar-refractivity contribution < 1.29 is 9.18 Å². The van der Waals surface area contributed by atoms with Gasteiger partial charge in [-0.15, -0.1) is 0 Å². The van der Waals surface area contributed by atoms with E-state index in [1.807, 2.05) is 0 Å². The second-order valence-electron chi connectivity index (χ2n) is 3.84. The molecule has 80 valence electrons. The lowest BCUT2D eigenvalue weighted by Crippen LogP contribution is -2.40. The molecule has 0 aromatic heterocycles. The first-order chi connectivity index (χ1) is 6.57. The molecule has 0 bridgehead atoms. The number of hydrogen-bond donors (Lipinski definition) is 1. The van der Waals surface area contributed by atoms with Crippen molar-refractivity contribution >= 4 is 5.91 Å². The number of amides is 1. The van der Waals surface area contributed by atoms with Gasteiger partial charge in [0.2, 0.25) is 0 Å². The predicted octanol–water partition coefficient (Wildman–Crippen LogP) is 1.20. The molecule has 1 aliphatic heterocycles. The molecule has 3 nitrogen and oxygen atoms in total. The van der Waals surface area contributed by atoms with Crippen molar-refractivity contribution in [3.05, 3.63) is 11.4 Å². The minimum Gasteiger partial charge on any atom is -0.332 e. The van der Waals surface area contributed by atoms with Crippen LogP contribution >= 0.6 is 0 Å². The van der Waals surface area contributed by atoms with Gasteiger partial charge in [-0.1, -0.05) is 0 Å². The lowest BCUT2D eigenvalue weighted by atomic mass is 10.2. The van der Waals surface area contributed by atoms with E-state index < -0.39 is 11.7 Å². The van der Waals surface area contributed by atoms with Gasteiger partial charge in [-0.2, -0.15) is 0 Å². The van der Waals surface area contributed by atoms with Crippen LogP contribution in [0.3, 0.4) is 0 Å². The minimum absolute atomic E-state index is 0.0209. The van der Waals surface area contributed by atoms with Crippen LogP contribution < -0.4 is 5.73 Å². The van der Waals surface area contributed by atoms with Gasteiger partial charge in [0.25, 0.3) is 5.91 Å². The second-order valence-corrected chi connectivity index (χ2v) is 3.84. The van der Waals surface area contributed by atoms with E-state index in [-0.39, 0.29) is 6.04 Å². The van der Waals surface area contributed by atoms with E-state index in [0.717, 1.165) is 12.8 Å². The van der Waals surface area contributed by atoms with Crippen molar-refractivity contribution in [1.82, 2.24) is 4.90 Å². The van der Waals surface area contributed by atoms with Gasteiger partial charge < -0.3 is 10.6 Å². The molecule has 1 unspecified atom stereocenters. The maximum absolute atomic E-state index is 13.3. The Morgan fingerprint density at radius 3 is 2.71 bits per heavy atom. The molecule has 0 saturated carbocycles. The Kier molecular flexibility index (Phi) is 3.63. The van der Waals surface area contributed by atoms with Crippen LogP contribution in [0.15, 0.2) is 11.4 Å². The molecule has 1 atom stereocenters. The number of nitrogens with zero attached hydrogens (tertiary/aromatic N) is 1. The van der Waals surface area contributed by atoms with Crippen molar-refractivity contribution in [2.45, 2.75) is 32.7 Å². The molecule has 0 spiro atoms. The minimum atomic E-state index is -0.634. The van der Waals surface area contributed by atoms with Crippen molar-refractivity contribution in [3.8, 4) is 0 Å². The van der Waals surface area contributed by atoms with Gasteiger partial charge in [0, 0.05) is 19.1 Å². The number of hydrogen-bond acceptors (Lipinski definition) is 2. The Hall–Kier alpha value is -0.900. The fourth-order valence-electron chi connectivity index (χ4n) is 1.69. The average molecular weight is 200 g/mol. The fourth-order valence-corrected chi connectivity index (χ4v) is 1.69. The van der Waals surface area contributed by atoms with Crippen LogP contribution in [0.25, 0.3) is 0 Å². The van der Waals surface area contributed by atoms with Crippen LogP contribution in [0.2, 0.25) is 0 Å². The molecule has 14 heavy (non-hydrogen) atoms. The van der Waals surface area contributed by atoms with Crippen LogP contribution in [0, 0.1) is 0 Å². The highest BCUT2D eigenvalue weighted by Crippen LogP contribution is 2.20. The Bertz CT molecular complexity index is 259. The summed E-state index contributed by atoms with van der Waals surface area (Å²) in [4.78, 5) is 13.1. The zero-order valence-electron chi connectivity index (χ0n) is 8.72. The molecular formula is C10H17FN2O. The number of likely N-dealkylation sites (tertiary alicyclic amines) is 1. The Labute approximate surface area is 83.8 Å². The first-order valence-corrected chi connectivity index (χ1v) is 4.92. The van der Waals surface area contributed by atoms with E-state index in [1.165, 1.54) is 0 Å². The van der Waals surface area contributed by atoms with Crippen LogP contribution in [0.1, 0.15) is 26.7 Å². The Morgan fingerprint density at radius 1 is 1.57 bits per heavy atom. The van der Waals surface area contributed by atoms with Gasteiger partial charge in [0.05, 0.1) is 0 Å². The lowest BCUT2D eigenvalue weighted by Gasteiger charge is -2.22. The summed E-state index contributed by atoms with van der Waals surface area (Å²) in [7, 11) is 0. The highest BCUT2D eigenvalue weighted by atomic mass is 19.1. The van der Waals surface area contributed by atoms with Gasteiger partial charge in [0.15, 0.2) is 5.83 Å². The number of carbonyl (C=O) groups excluding carboxylic acids is 1. The first kappa shape index (κ1) is 11.2. The van der Waals surface area contributed by atoms with Crippen molar-refractivity contribution in [3.63, 3.8) is 0 Å². The van der Waals surface area contributed by atoms with E-state index >= 15 is 0 Å². The quantitative estimate of drug-likeness (QED) is 0.681. The van der Waals surface area contributed by atoms with E-state index in [2.05, 4.69) is 0 Å². The van der Waals surface area contributed by atoms with Gasteiger partial charge in [-0.05, 0) is 32.3 Å². The molecule has 1 amide bonds. The largest absolute Gasteiger partial charge is 0.332 e. The highest BCUT2D eigenvalue weighted by molar-refractivity contribution is 5.92. The number of rotatable bonds is 2. The van der Waals surface area contributed by atoms with Crippen molar-refractivity contribution in [2.24, 2.45) is 5.73 Å².